The number of piperidine rings is 1. The first-order valence-electron chi connectivity index (χ1n) is 7.56. The van der Waals surface area contributed by atoms with Gasteiger partial charge in [0.1, 0.15) is 10.8 Å². The number of carbonyl (C=O) groups is 1. The van der Waals surface area contributed by atoms with Gasteiger partial charge in [0.05, 0.1) is 24.8 Å². The number of ether oxygens (including phenoxy) is 1. The molecule has 2 heterocycles. The van der Waals surface area contributed by atoms with Crippen LogP contribution in [0.15, 0.2) is 17.4 Å². The minimum atomic E-state index is -0.204. The van der Waals surface area contributed by atoms with Crippen molar-refractivity contribution in [3.63, 3.8) is 0 Å². The normalized spacial score (nSPS) is 19.6. The molecule has 0 amide bonds. The van der Waals surface area contributed by atoms with Crippen LogP contribution in [0.2, 0.25) is 0 Å². The Morgan fingerprint density at radius 1 is 1.43 bits per heavy atom. The summed E-state index contributed by atoms with van der Waals surface area (Å²) in [5.74, 6) is 1.02. The van der Waals surface area contributed by atoms with Crippen LogP contribution < -0.4 is 4.90 Å². The SMILES string of the molecule is CCOC(=O)CSc1cncc(N2CCCC3(CC3)C2)n1. The number of aromatic nitrogens is 2. The van der Waals surface area contributed by atoms with E-state index in [4.69, 9.17) is 4.74 Å². The van der Waals surface area contributed by atoms with Gasteiger partial charge in [0.15, 0.2) is 0 Å². The van der Waals surface area contributed by atoms with Crippen LogP contribution in [0.4, 0.5) is 5.82 Å². The van der Waals surface area contributed by atoms with E-state index in [1.807, 2.05) is 13.1 Å². The predicted octanol–water partition coefficient (Wildman–Crippen LogP) is 2.51. The average Bonchev–Trinajstić information content (AvgIpc) is 3.25. The number of nitrogens with zero attached hydrogens (tertiary/aromatic N) is 3. The Kier molecular flexibility index (Phi) is 4.33. The Morgan fingerprint density at radius 2 is 2.29 bits per heavy atom. The Balaban J connectivity index is 1.61. The summed E-state index contributed by atoms with van der Waals surface area (Å²) in [4.78, 5) is 22.7. The molecule has 0 aromatic carbocycles. The number of hydrogen-bond acceptors (Lipinski definition) is 6. The third kappa shape index (κ3) is 3.67. The molecule has 5 nitrogen and oxygen atoms in total. The number of thioether (sulfide) groups is 1. The molecule has 21 heavy (non-hydrogen) atoms. The molecule has 1 aliphatic carbocycles. The summed E-state index contributed by atoms with van der Waals surface area (Å²) in [5, 5.41) is 0.788. The van der Waals surface area contributed by atoms with E-state index in [-0.39, 0.29) is 11.7 Å². The highest BCUT2D eigenvalue weighted by Crippen LogP contribution is 2.52. The van der Waals surface area contributed by atoms with E-state index in [0.29, 0.717) is 12.0 Å². The molecule has 1 aliphatic heterocycles. The number of carbonyl (C=O) groups excluding carboxylic acids is 1. The van der Waals surface area contributed by atoms with Crippen LogP contribution in [0.25, 0.3) is 0 Å². The minimum absolute atomic E-state index is 0.204. The molecule has 1 aromatic rings. The number of hydrogen-bond donors (Lipinski definition) is 0. The molecule has 0 radical (unpaired) electrons. The van der Waals surface area contributed by atoms with Crippen molar-refractivity contribution in [3.8, 4) is 0 Å². The fourth-order valence-electron chi connectivity index (χ4n) is 2.88. The lowest BCUT2D eigenvalue weighted by Crippen LogP contribution is -2.37. The molecule has 0 N–H and O–H groups in total. The maximum Gasteiger partial charge on any atom is 0.316 e. The Bertz CT molecular complexity index is 519. The zero-order chi connectivity index (χ0) is 14.7. The largest absolute Gasteiger partial charge is 0.465 e. The summed E-state index contributed by atoms with van der Waals surface area (Å²) < 4.78 is 4.93. The summed E-state index contributed by atoms with van der Waals surface area (Å²) in [7, 11) is 0. The monoisotopic (exact) mass is 307 g/mol. The summed E-state index contributed by atoms with van der Waals surface area (Å²) in [5.41, 5.74) is 0.564. The molecule has 2 aliphatic rings. The van der Waals surface area contributed by atoms with Crippen LogP contribution in [0, 0.1) is 5.41 Å². The highest BCUT2D eigenvalue weighted by atomic mass is 32.2. The van der Waals surface area contributed by atoms with Crippen molar-refractivity contribution < 1.29 is 9.53 Å². The fraction of sp³-hybridized carbons (Fsp3) is 0.667. The molecule has 2 fully saturated rings. The Labute approximate surface area is 129 Å². The molecule has 6 heteroatoms. The predicted molar refractivity (Wildman–Crippen MR) is 82.5 cm³/mol. The molecule has 1 spiro atoms. The van der Waals surface area contributed by atoms with Gasteiger partial charge < -0.3 is 9.64 Å². The van der Waals surface area contributed by atoms with Gasteiger partial charge in [0, 0.05) is 13.1 Å². The van der Waals surface area contributed by atoms with Crippen LogP contribution in [0.3, 0.4) is 0 Å². The quantitative estimate of drug-likeness (QED) is 0.615. The maximum absolute atomic E-state index is 11.4. The Morgan fingerprint density at radius 3 is 3.05 bits per heavy atom. The summed E-state index contributed by atoms with van der Waals surface area (Å²) in [6.07, 6.45) is 8.85. The third-order valence-electron chi connectivity index (χ3n) is 4.19. The number of anilines is 1. The van der Waals surface area contributed by atoms with E-state index >= 15 is 0 Å². The molecular weight excluding hydrogens is 286 g/mol. The highest BCUT2D eigenvalue weighted by molar-refractivity contribution is 7.99. The molecule has 3 rings (SSSR count). The molecule has 0 atom stereocenters. The van der Waals surface area contributed by atoms with Gasteiger partial charge in [0.25, 0.3) is 0 Å². The van der Waals surface area contributed by atoms with E-state index in [9.17, 15) is 4.79 Å². The van der Waals surface area contributed by atoms with E-state index in [1.54, 1.807) is 6.20 Å². The highest BCUT2D eigenvalue weighted by Gasteiger charge is 2.45. The van der Waals surface area contributed by atoms with Crippen molar-refractivity contribution in [2.75, 3.05) is 30.3 Å². The smallest absolute Gasteiger partial charge is 0.316 e. The van der Waals surface area contributed by atoms with Crippen molar-refractivity contribution in [2.24, 2.45) is 5.41 Å². The van der Waals surface area contributed by atoms with Gasteiger partial charge in [-0.25, -0.2) is 4.98 Å². The lowest BCUT2D eigenvalue weighted by atomic mass is 9.95. The lowest BCUT2D eigenvalue weighted by molar-refractivity contribution is -0.139. The molecule has 1 saturated carbocycles. The zero-order valence-corrected chi connectivity index (χ0v) is 13.2. The van der Waals surface area contributed by atoms with Crippen molar-refractivity contribution in [3.05, 3.63) is 12.4 Å². The standard InChI is InChI=1S/C15H21N3O2S/c1-2-20-14(19)10-21-13-9-16-8-12(17-13)18-7-3-4-15(11-18)5-6-15/h8-9H,2-7,10-11H2,1H3. The van der Waals surface area contributed by atoms with Crippen molar-refractivity contribution in [1.82, 2.24) is 9.97 Å². The van der Waals surface area contributed by atoms with E-state index in [1.165, 1.54) is 37.4 Å². The molecular formula is C15H21N3O2S. The molecule has 114 valence electrons. The summed E-state index contributed by atoms with van der Waals surface area (Å²) in [6, 6.07) is 0. The van der Waals surface area contributed by atoms with Crippen molar-refractivity contribution in [2.45, 2.75) is 37.6 Å². The first-order chi connectivity index (χ1) is 10.2. The van der Waals surface area contributed by atoms with Crippen LogP contribution >= 0.6 is 11.8 Å². The number of esters is 1. The van der Waals surface area contributed by atoms with Crippen LogP contribution in [-0.2, 0) is 9.53 Å². The summed E-state index contributed by atoms with van der Waals surface area (Å²) >= 11 is 1.39. The topological polar surface area (TPSA) is 55.3 Å². The van der Waals surface area contributed by atoms with Gasteiger partial charge in [-0.15, -0.1) is 0 Å². The molecule has 0 bridgehead atoms. The van der Waals surface area contributed by atoms with Gasteiger partial charge in [-0.3, -0.25) is 9.78 Å². The van der Waals surface area contributed by atoms with Crippen molar-refractivity contribution in [1.29, 1.82) is 0 Å². The fourth-order valence-corrected chi connectivity index (χ4v) is 3.53. The second-order valence-electron chi connectivity index (χ2n) is 5.83. The van der Waals surface area contributed by atoms with Gasteiger partial charge in [0.2, 0.25) is 0 Å². The minimum Gasteiger partial charge on any atom is -0.465 e. The Hall–Kier alpha value is -1.30. The van der Waals surface area contributed by atoms with Crippen LogP contribution in [0.5, 0.6) is 0 Å². The van der Waals surface area contributed by atoms with Gasteiger partial charge in [-0.1, -0.05) is 11.8 Å². The third-order valence-corrected chi connectivity index (χ3v) is 5.06. The lowest BCUT2D eigenvalue weighted by Gasteiger charge is -2.33. The molecule has 1 saturated heterocycles. The summed E-state index contributed by atoms with van der Waals surface area (Å²) in [6.45, 7) is 4.39. The van der Waals surface area contributed by atoms with E-state index in [0.717, 1.165) is 23.9 Å². The maximum atomic E-state index is 11.4. The number of rotatable bonds is 5. The average molecular weight is 307 g/mol. The van der Waals surface area contributed by atoms with Crippen molar-refractivity contribution >= 4 is 23.5 Å². The zero-order valence-electron chi connectivity index (χ0n) is 12.4. The second kappa shape index (κ2) is 6.22. The van der Waals surface area contributed by atoms with Gasteiger partial charge in [-0.05, 0) is 38.0 Å². The van der Waals surface area contributed by atoms with Crippen LogP contribution in [-0.4, -0.2) is 41.4 Å². The van der Waals surface area contributed by atoms with E-state index < -0.39 is 0 Å². The van der Waals surface area contributed by atoms with Gasteiger partial charge in [-0.2, -0.15) is 0 Å². The first kappa shape index (κ1) is 14.6. The second-order valence-corrected chi connectivity index (χ2v) is 6.83. The van der Waals surface area contributed by atoms with Gasteiger partial charge >= 0.3 is 5.97 Å². The molecule has 0 unspecified atom stereocenters. The molecule has 1 aromatic heterocycles. The van der Waals surface area contributed by atoms with E-state index in [2.05, 4.69) is 14.9 Å². The van der Waals surface area contributed by atoms with Crippen LogP contribution in [0.1, 0.15) is 32.6 Å². The first-order valence-corrected chi connectivity index (χ1v) is 8.55.